The molecule has 0 rings (SSSR count). The van der Waals surface area contributed by atoms with Crippen molar-refractivity contribution in [1.29, 1.82) is 0 Å². The lowest BCUT2D eigenvalue weighted by Crippen LogP contribution is -1.96. The Kier molecular flexibility index (Phi) is 38.4. The fourth-order valence-electron chi connectivity index (χ4n) is 0.224. The zero-order chi connectivity index (χ0) is 8.99. The zero-order valence-electron chi connectivity index (χ0n) is 8.45. The van der Waals surface area contributed by atoms with Crippen LogP contribution in [-0.4, -0.2) is 12.8 Å². The van der Waals surface area contributed by atoms with Gasteiger partial charge in [0.25, 0.3) is 0 Å². The molecule has 0 aliphatic heterocycles. The summed E-state index contributed by atoms with van der Waals surface area (Å²) >= 11 is 0. The lowest BCUT2D eigenvalue weighted by Gasteiger charge is -1.84. The Balaban J connectivity index is -0.000000105. The first-order chi connectivity index (χ1) is 4.77. The van der Waals surface area contributed by atoms with Gasteiger partial charge in [0.15, 0.2) is 0 Å². The van der Waals surface area contributed by atoms with Crippen molar-refractivity contribution >= 4 is 5.71 Å². The minimum atomic E-state index is 1.05. The molecule has 0 bridgehead atoms. The lowest BCUT2D eigenvalue weighted by atomic mass is 10.5. The van der Waals surface area contributed by atoms with Crippen LogP contribution in [0.2, 0.25) is 0 Å². The molecule has 0 aliphatic carbocycles. The topological polar surface area (TPSA) is 24.4 Å². The van der Waals surface area contributed by atoms with E-state index in [4.69, 9.17) is 0 Å². The highest BCUT2D eigenvalue weighted by molar-refractivity contribution is 5.78. The van der Waals surface area contributed by atoms with E-state index >= 15 is 0 Å². The molecule has 0 aliphatic rings. The van der Waals surface area contributed by atoms with Gasteiger partial charge in [-0.2, -0.15) is 5.10 Å². The maximum absolute atomic E-state index is 3.79. The van der Waals surface area contributed by atoms with Crippen LogP contribution in [0.5, 0.6) is 0 Å². The van der Waals surface area contributed by atoms with Gasteiger partial charge < -0.3 is 5.43 Å². The van der Waals surface area contributed by atoms with Crippen molar-refractivity contribution in [2.45, 2.75) is 41.5 Å². The van der Waals surface area contributed by atoms with Crippen molar-refractivity contribution in [3.05, 3.63) is 0 Å². The second kappa shape index (κ2) is 23.7. The molecule has 0 saturated carbocycles. The number of hydrogen-bond donors (Lipinski definition) is 1. The summed E-state index contributed by atoms with van der Waals surface area (Å²) in [4.78, 5) is 0. The zero-order valence-corrected chi connectivity index (χ0v) is 8.45. The summed E-state index contributed by atoms with van der Waals surface area (Å²) < 4.78 is 0. The predicted molar refractivity (Wildman–Crippen MR) is 50.5 cm³/mol. The molecular formula is C8H22N2. The Labute approximate surface area is 65.7 Å². The third kappa shape index (κ3) is 51.3. The van der Waals surface area contributed by atoms with Crippen molar-refractivity contribution in [2.24, 2.45) is 5.10 Å². The van der Waals surface area contributed by atoms with Crippen LogP contribution >= 0.6 is 0 Å². The van der Waals surface area contributed by atoms with Crippen LogP contribution in [0.3, 0.4) is 0 Å². The van der Waals surface area contributed by atoms with Crippen LogP contribution in [0.15, 0.2) is 5.10 Å². The third-order valence-electron chi connectivity index (χ3n) is 0.335. The van der Waals surface area contributed by atoms with Gasteiger partial charge in [0.2, 0.25) is 0 Å². The average molecular weight is 146 g/mol. The average Bonchev–Trinajstić information content (AvgIpc) is 1.96. The molecule has 0 aromatic rings. The Morgan fingerprint density at radius 1 is 1.00 bits per heavy atom. The van der Waals surface area contributed by atoms with Gasteiger partial charge in [-0.1, -0.05) is 27.7 Å². The van der Waals surface area contributed by atoms with Crippen LogP contribution in [0.4, 0.5) is 0 Å². The molecule has 64 valence electrons. The van der Waals surface area contributed by atoms with Crippen LogP contribution in [0.1, 0.15) is 41.5 Å². The van der Waals surface area contributed by atoms with Gasteiger partial charge in [-0.3, -0.25) is 0 Å². The molecule has 0 fully saturated rings. The van der Waals surface area contributed by atoms with Gasteiger partial charge in [0.05, 0.1) is 0 Å². The fourth-order valence-corrected chi connectivity index (χ4v) is 0.224. The van der Waals surface area contributed by atoms with E-state index < -0.39 is 0 Å². The second-order valence-electron chi connectivity index (χ2n) is 1.28. The van der Waals surface area contributed by atoms with E-state index in [1.54, 1.807) is 7.05 Å². The number of nitrogens with one attached hydrogen (secondary N) is 1. The molecule has 0 heterocycles. The van der Waals surface area contributed by atoms with Gasteiger partial charge in [-0.15, -0.1) is 0 Å². The van der Waals surface area contributed by atoms with Gasteiger partial charge in [0.1, 0.15) is 0 Å². The molecule has 0 aromatic carbocycles. The summed E-state index contributed by atoms with van der Waals surface area (Å²) in [6, 6.07) is 0. The first-order valence-electron chi connectivity index (χ1n) is 3.95. The first kappa shape index (κ1) is 16.2. The molecule has 2 nitrogen and oxygen atoms in total. The Morgan fingerprint density at radius 2 is 1.30 bits per heavy atom. The maximum Gasteiger partial charge on any atom is 0.0316 e. The Morgan fingerprint density at radius 3 is 1.30 bits per heavy atom. The molecular weight excluding hydrogens is 124 g/mol. The molecule has 10 heavy (non-hydrogen) atoms. The molecule has 0 radical (unpaired) electrons. The van der Waals surface area contributed by atoms with E-state index in [2.05, 4.69) is 10.5 Å². The van der Waals surface area contributed by atoms with Crippen LogP contribution in [0.25, 0.3) is 0 Å². The predicted octanol–water partition coefficient (Wildman–Crippen LogP) is 2.65. The third-order valence-corrected chi connectivity index (χ3v) is 0.335. The number of hydrogen-bond acceptors (Lipinski definition) is 2. The van der Waals surface area contributed by atoms with Crippen molar-refractivity contribution in [2.75, 3.05) is 7.05 Å². The highest BCUT2D eigenvalue weighted by Gasteiger charge is 1.67. The van der Waals surface area contributed by atoms with Crippen molar-refractivity contribution in [3.8, 4) is 0 Å². The highest BCUT2D eigenvalue weighted by atomic mass is 15.3. The highest BCUT2D eigenvalue weighted by Crippen LogP contribution is 1.63. The molecule has 0 atom stereocenters. The Hall–Kier alpha value is -0.530. The summed E-state index contributed by atoms with van der Waals surface area (Å²) in [6.07, 6.45) is 0. The molecule has 0 aromatic heterocycles. The molecule has 2 heteroatoms. The summed E-state index contributed by atoms with van der Waals surface area (Å²) in [5.74, 6) is 0. The van der Waals surface area contributed by atoms with E-state index in [-0.39, 0.29) is 0 Å². The van der Waals surface area contributed by atoms with E-state index in [0.29, 0.717) is 0 Å². The van der Waals surface area contributed by atoms with Crippen LogP contribution in [0, 0.1) is 0 Å². The minimum absolute atomic E-state index is 1.05. The summed E-state index contributed by atoms with van der Waals surface area (Å²) in [5.41, 5.74) is 3.71. The van der Waals surface area contributed by atoms with Crippen LogP contribution in [-0.2, 0) is 0 Å². The summed E-state index contributed by atoms with van der Waals surface area (Å²) in [5, 5.41) is 3.79. The van der Waals surface area contributed by atoms with Crippen molar-refractivity contribution in [1.82, 2.24) is 5.43 Å². The van der Waals surface area contributed by atoms with Gasteiger partial charge in [-0.25, -0.2) is 0 Å². The SMILES string of the molecule is CC.CC.CNN=C(C)C. The fraction of sp³-hybridized carbons (Fsp3) is 0.875. The Bertz CT molecular complexity index is 54.3. The van der Waals surface area contributed by atoms with Gasteiger partial charge in [-0.05, 0) is 13.8 Å². The van der Waals surface area contributed by atoms with Gasteiger partial charge in [0, 0.05) is 12.8 Å². The molecule has 1 N–H and O–H groups in total. The van der Waals surface area contributed by atoms with Gasteiger partial charge >= 0.3 is 0 Å². The van der Waals surface area contributed by atoms with Crippen LogP contribution < -0.4 is 5.43 Å². The van der Waals surface area contributed by atoms with E-state index in [1.165, 1.54) is 0 Å². The first-order valence-corrected chi connectivity index (χ1v) is 3.95. The normalized spacial score (nSPS) is 5.50. The van der Waals surface area contributed by atoms with Crippen molar-refractivity contribution in [3.63, 3.8) is 0 Å². The van der Waals surface area contributed by atoms with Crippen molar-refractivity contribution < 1.29 is 0 Å². The monoisotopic (exact) mass is 146 g/mol. The summed E-state index contributed by atoms with van der Waals surface area (Å²) in [6.45, 7) is 11.9. The standard InChI is InChI=1S/C4H10N2.2C2H6/c1-4(2)6-5-3;2*1-2/h5H,1-3H3;2*1-2H3. The smallest absolute Gasteiger partial charge is 0.0316 e. The molecule has 0 amide bonds. The largest absolute Gasteiger partial charge is 0.313 e. The maximum atomic E-state index is 3.79. The summed E-state index contributed by atoms with van der Waals surface area (Å²) in [7, 11) is 1.78. The lowest BCUT2D eigenvalue weighted by molar-refractivity contribution is 0.898. The van der Waals surface area contributed by atoms with E-state index in [9.17, 15) is 0 Å². The quantitative estimate of drug-likeness (QED) is 0.446. The molecule has 0 spiro atoms. The minimum Gasteiger partial charge on any atom is -0.313 e. The number of nitrogens with zero attached hydrogens (tertiary/aromatic N) is 1. The number of hydrazone groups is 1. The van der Waals surface area contributed by atoms with E-state index in [1.807, 2.05) is 41.5 Å². The molecule has 0 unspecified atom stereocenters. The number of rotatable bonds is 1. The second-order valence-corrected chi connectivity index (χ2v) is 1.28. The van der Waals surface area contributed by atoms with E-state index in [0.717, 1.165) is 5.71 Å². The molecule has 0 saturated heterocycles.